The van der Waals surface area contributed by atoms with Crippen LogP contribution in [0.3, 0.4) is 0 Å². The Kier molecular flexibility index (Phi) is 18.8. The molecule has 0 bridgehead atoms. The smallest absolute Gasteiger partial charge is 0.431 e. The third-order valence-corrected chi connectivity index (χ3v) is 9.89. The summed E-state index contributed by atoms with van der Waals surface area (Å²) in [4.78, 5) is 26.7. The number of nitrogens with zero attached hydrogens (tertiary/aromatic N) is 7. The maximum absolute atomic E-state index is 12.6. The van der Waals surface area contributed by atoms with Gasteiger partial charge in [0.25, 0.3) is 12.2 Å². The van der Waals surface area contributed by atoms with Crippen molar-refractivity contribution in [3.8, 4) is 11.4 Å². The number of aromatic nitrogens is 4. The summed E-state index contributed by atoms with van der Waals surface area (Å²) in [5.41, 5.74) is 1.49. The number of ether oxygens (including phenoxy) is 2. The van der Waals surface area contributed by atoms with E-state index >= 15 is 0 Å². The first-order chi connectivity index (χ1) is 30.1. The van der Waals surface area contributed by atoms with Crippen LogP contribution in [0.4, 0.5) is 62.3 Å². The number of amides is 1. The minimum Gasteiger partial charge on any atom is -0.431 e. The van der Waals surface area contributed by atoms with Gasteiger partial charge < -0.3 is 19.7 Å². The Morgan fingerprint density at radius 3 is 1.31 bits per heavy atom. The van der Waals surface area contributed by atoms with Crippen molar-refractivity contribution in [2.45, 2.75) is 50.0 Å². The molecule has 6 rings (SSSR count). The molecule has 65 heavy (non-hydrogen) atoms. The first-order valence-electron chi connectivity index (χ1n) is 18.3. The highest BCUT2D eigenvalue weighted by Crippen LogP contribution is 2.37. The topological polar surface area (TPSA) is 110 Å². The van der Waals surface area contributed by atoms with E-state index in [1.54, 1.807) is 41.5 Å². The molecule has 2 saturated heterocycles. The van der Waals surface area contributed by atoms with Crippen LogP contribution < -0.4 is 5.32 Å². The van der Waals surface area contributed by atoms with Gasteiger partial charge in [-0.05, 0) is 35.4 Å². The van der Waals surface area contributed by atoms with Crippen LogP contribution in [0.1, 0.15) is 11.1 Å². The number of carbonyl (C=O) groups excluding carboxylic acids is 2. The average molecular weight is 1050 g/mol. The van der Waals surface area contributed by atoms with Crippen LogP contribution in [-0.2, 0) is 22.6 Å². The van der Waals surface area contributed by atoms with Crippen LogP contribution in [0.25, 0.3) is 11.4 Å². The van der Waals surface area contributed by atoms with Gasteiger partial charge in [0.15, 0.2) is 0 Å². The number of hydrogen-bond acceptors (Lipinski definition) is 9. The Morgan fingerprint density at radius 1 is 0.585 bits per heavy atom. The molecule has 360 valence electrons. The van der Waals surface area contributed by atoms with E-state index in [9.17, 15) is 62.3 Å². The van der Waals surface area contributed by atoms with Gasteiger partial charge in [0.2, 0.25) is 0 Å². The summed E-state index contributed by atoms with van der Waals surface area (Å²) in [6.45, 7) is 5.68. The Morgan fingerprint density at radius 2 is 0.969 bits per heavy atom. The second kappa shape index (κ2) is 22.7. The molecular formula is C36H33Cl5F12N8O4. The van der Waals surface area contributed by atoms with E-state index in [1.165, 1.54) is 16.4 Å². The van der Waals surface area contributed by atoms with Crippen molar-refractivity contribution in [1.82, 2.24) is 39.6 Å². The fourth-order valence-electron chi connectivity index (χ4n) is 5.98. The molecule has 0 radical (unpaired) electrons. The fourth-order valence-corrected chi connectivity index (χ4v) is 6.67. The molecule has 0 saturated carbocycles. The van der Waals surface area contributed by atoms with Gasteiger partial charge in [-0.1, -0.05) is 58.5 Å². The van der Waals surface area contributed by atoms with Crippen LogP contribution in [0.5, 0.6) is 0 Å². The lowest BCUT2D eigenvalue weighted by atomic mass is 10.1. The quantitative estimate of drug-likeness (QED) is 0.136. The molecule has 12 nitrogen and oxygen atoms in total. The normalized spacial score (nSPS) is 15.6. The molecule has 29 heteroatoms. The molecule has 0 unspecified atom stereocenters. The Hall–Kier alpha value is -3.91. The van der Waals surface area contributed by atoms with Crippen molar-refractivity contribution < 1.29 is 71.7 Å². The van der Waals surface area contributed by atoms with E-state index in [0.29, 0.717) is 32.3 Å². The molecule has 2 aliphatic rings. The van der Waals surface area contributed by atoms with Crippen LogP contribution in [0, 0.1) is 0 Å². The maximum Gasteiger partial charge on any atom is 0.434 e. The second-order valence-corrected chi connectivity index (χ2v) is 15.8. The number of halogens is 17. The van der Waals surface area contributed by atoms with Crippen molar-refractivity contribution in [1.29, 1.82) is 0 Å². The zero-order chi connectivity index (χ0) is 48.5. The van der Waals surface area contributed by atoms with Gasteiger partial charge in [0, 0.05) is 99.5 Å². The molecular weight excluding hydrogens is 1010 g/mol. The number of benzene rings is 2. The number of carbonyl (C=O) groups is 2. The summed E-state index contributed by atoms with van der Waals surface area (Å²) in [5, 5.41) is 14.0. The molecule has 1 N–H and O–H groups in total. The minimum atomic E-state index is -5.75. The highest BCUT2D eigenvalue weighted by atomic mass is 35.5. The standard InChI is InChI=1S/C18H16Cl2F6N4O2.C14H16Cl2N4.C4HClF6O2/c19-12-2-1-11(14(7-12)30-10-13(20)8-27-30)9-28-3-5-29(6-4-28)16(31)32-15(17(21,22)23)18(24,25)26;15-12-2-1-11(9-19-5-3-17-4-6-19)14(7-12)20-10-13(16)8-18-20;5-2(12)13-1(3(6,7)8)4(9,10)11/h1-2,7-8,10,15H,3-6,9H2;1-2,7-8,10,17H,3-6,9H2;1H. The third kappa shape index (κ3) is 16.7. The average Bonchev–Trinajstić information content (AvgIpc) is 3.84. The van der Waals surface area contributed by atoms with E-state index in [2.05, 4.69) is 47.6 Å². The van der Waals surface area contributed by atoms with Crippen LogP contribution >= 0.6 is 58.0 Å². The summed E-state index contributed by atoms with van der Waals surface area (Å²) < 4.78 is 155. The molecule has 2 aromatic carbocycles. The summed E-state index contributed by atoms with van der Waals surface area (Å²) >= 11 is 28.3. The van der Waals surface area contributed by atoms with E-state index in [-0.39, 0.29) is 26.2 Å². The van der Waals surface area contributed by atoms with Crippen molar-refractivity contribution in [3.63, 3.8) is 0 Å². The summed E-state index contributed by atoms with van der Waals surface area (Å²) in [6, 6.07) is 11.0. The Balaban J connectivity index is 0.000000238. The summed E-state index contributed by atoms with van der Waals surface area (Å²) in [7, 11) is 0. The van der Waals surface area contributed by atoms with Crippen molar-refractivity contribution in [2.75, 3.05) is 52.4 Å². The Labute approximate surface area is 385 Å². The van der Waals surface area contributed by atoms with Crippen LogP contribution in [0.2, 0.25) is 20.1 Å². The molecule has 2 fully saturated rings. The lowest BCUT2D eigenvalue weighted by Crippen LogP contribution is -2.52. The van der Waals surface area contributed by atoms with Crippen molar-refractivity contribution >= 4 is 69.5 Å². The van der Waals surface area contributed by atoms with Gasteiger partial charge in [-0.3, -0.25) is 9.80 Å². The van der Waals surface area contributed by atoms with Crippen molar-refractivity contribution in [2.24, 2.45) is 0 Å². The highest BCUT2D eigenvalue weighted by molar-refractivity contribution is 6.61. The number of rotatable bonds is 8. The van der Waals surface area contributed by atoms with E-state index in [1.807, 2.05) is 17.0 Å². The first-order valence-corrected chi connectivity index (χ1v) is 20.2. The van der Waals surface area contributed by atoms with Gasteiger partial charge in [0.1, 0.15) is 0 Å². The highest BCUT2D eigenvalue weighted by Gasteiger charge is 2.61. The summed E-state index contributed by atoms with van der Waals surface area (Å²) in [5.74, 6) is 0. The Bertz CT molecular complexity index is 2170. The molecule has 0 atom stereocenters. The fraction of sp³-hybridized carbons (Fsp3) is 0.444. The SMILES string of the molecule is Clc1ccc(CN2CCNCC2)c(-n2cc(Cl)cn2)c1.O=C(Cl)OC(C(F)(F)F)C(F)(F)F.O=C(OC(C(F)(F)F)C(F)(F)F)N1CCN(Cc2ccc(Cl)cc2-n2cc(Cl)cn2)CC1. The molecule has 0 aliphatic carbocycles. The van der Waals surface area contributed by atoms with Gasteiger partial charge in [-0.25, -0.2) is 19.0 Å². The zero-order valence-corrected chi connectivity index (χ0v) is 36.5. The molecule has 2 aliphatic heterocycles. The predicted octanol–water partition coefficient (Wildman–Crippen LogP) is 10.4. The molecule has 4 aromatic rings. The predicted molar refractivity (Wildman–Crippen MR) is 213 cm³/mol. The largest absolute Gasteiger partial charge is 0.434 e. The van der Waals surface area contributed by atoms with Crippen LogP contribution in [-0.4, -0.2) is 135 Å². The zero-order valence-electron chi connectivity index (χ0n) is 32.7. The lowest BCUT2D eigenvalue weighted by molar-refractivity contribution is -0.308. The van der Waals surface area contributed by atoms with E-state index in [4.69, 9.17) is 46.4 Å². The molecule has 0 spiro atoms. The van der Waals surface area contributed by atoms with Gasteiger partial charge in [-0.15, -0.1) is 0 Å². The maximum atomic E-state index is 12.6. The van der Waals surface area contributed by atoms with E-state index < -0.39 is 48.4 Å². The molecule has 4 heterocycles. The first kappa shape index (κ1) is 53.7. The molecule has 1 amide bonds. The third-order valence-electron chi connectivity index (χ3n) is 8.94. The number of alkyl halides is 12. The van der Waals surface area contributed by atoms with Gasteiger partial charge >= 0.3 is 36.2 Å². The van der Waals surface area contributed by atoms with Gasteiger partial charge in [0.05, 0.1) is 33.8 Å². The van der Waals surface area contributed by atoms with Gasteiger partial charge in [-0.2, -0.15) is 62.9 Å². The number of hydrogen-bond donors (Lipinski definition) is 1. The number of piperazine rings is 2. The number of nitrogens with one attached hydrogen (secondary N) is 1. The monoisotopic (exact) mass is 1040 g/mol. The van der Waals surface area contributed by atoms with Crippen molar-refractivity contribution in [3.05, 3.63) is 92.4 Å². The van der Waals surface area contributed by atoms with Crippen LogP contribution in [0.15, 0.2) is 61.2 Å². The second-order valence-electron chi connectivity index (χ2n) is 13.7. The lowest BCUT2D eigenvalue weighted by Gasteiger charge is -2.35. The minimum absolute atomic E-state index is 0.0994. The molecule has 2 aromatic heterocycles. The van der Waals surface area contributed by atoms with E-state index in [0.717, 1.165) is 48.9 Å². The summed E-state index contributed by atoms with van der Waals surface area (Å²) in [6.07, 6.45) is -26.5.